The lowest BCUT2D eigenvalue weighted by molar-refractivity contribution is -0.147. The molecule has 0 radical (unpaired) electrons. The summed E-state index contributed by atoms with van der Waals surface area (Å²) in [6, 6.07) is 5.87. The van der Waals surface area contributed by atoms with E-state index in [9.17, 15) is 4.79 Å². The first-order valence-electron chi connectivity index (χ1n) is 5.83. The SMILES string of the molecule is COC(=O)C1(CN(C)Cc2ccccn2)CC1. The lowest BCUT2D eigenvalue weighted by atomic mass is 10.1. The van der Waals surface area contributed by atoms with E-state index in [2.05, 4.69) is 9.88 Å². The Hall–Kier alpha value is -1.42. The summed E-state index contributed by atoms with van der Waals surface area (Å²) in [5, 5.41) is 0. The van der Waals surface area contributed by atoms with Crippen molar-refractivity contribution in [3.05, 3.63) is 30.1 Å². The van der Waals surface area contributed by atoms with Gasteiger partial charge in [-0.05, 0) is 32.0 Å². The summed E-state index contributed by atoms with van der Waals surface area (Å²) in [6.07, 6.45) is 3.66. The van der Waals surface area contributed by atoms with Crippen molar-refractivity contribution < 1.29 is 9.53 Å². The van der Waals surface area contributed by atoms with Crippen LogP contribution in [0.25, 0.3) is 0 Å². The molecule has 1 saturated carbocycles. The monoisotopic (exact) mass is 234 g/mol. The maximum absolute atomic E-state index is 11.6. The van der Waals surface area contributed by atoms with Gasteiger partial charge in [0.2, 0.25) is 0 Å². The molecule has 17 heavy (non-hydrogen) atoms. The minimum atomic E-state index is -0.252. The molecule has 1 fully saturated rings. The van der Waals surface area contributed by atoms with Crippen molar-refractivity contribution in [2.24, 2.45) is 5.41 Å². The van der Waals surface area contributed by atoms with Crippen LogP contribution in [-0.4, -0.2) is 36.6 Å². The lowest BCUT2D eigenvalue weighted by Gasteiger charge is -2.21. The summed E-state index contributed by atoms with van der Waals surface area (Å²) in [5.41, 5.74) is 0.772. The molecule has 0 N–H and O–H groups in total. The summed E-state index contributed by atoms with van der Waals surface area (Å²) < 4.78 is 4.85. The molecule has 0 unspecified atom stereocenters. The number of ether oxygens (including phenoxy) is 1. The molecule has 2 rings (SSSR count). The molecule has 4 nitrogen and oxygen atoms in total. The average molecular weight is 234 g/mol. The number of carbonyl (C=O) groups is 1. The fourth-order valence-electron chi connectivity index (χ4n) is 2.13. The third kappa shape index (κ3) is 2.82. The van der Waals surface area contributed by atoms with Crippen LogP contribution in [0.4, 0.5) is 0 Å². The molecule has 0 bridgehead atoms. The van der Waals surface area contributed by atoms with Crippen LogP contribution in [-0.2, 0) is 16.1 Å². The molecule has 0 aliphatic heterocycles. The van der Waals surface area contributed by atoms with Gasteiger partial charge in [0.05, 0.1) is 18.2 Å². The predicted octanol–water partition coefficient (Wildman–Crippen LogP) is 1.47. The second-order valence-electron chi connectivity index (χ2n) is 4.77. The summed E-state index contributed by atoms with van der Waals surface area (Å²) in [7, 11) is 3.47. The number of aromatic nitrogens is 1. The smallest absolute Gasteiger partial charge is 0.313 e. The normalized spacial score (nSPS) is 16.9. The van der Waals surface area contributed by atoms with Crippen LogP contribution < -0.4 is 0 Å². The largest absolute Gasteiger partial charge is 0.469 e. The average Bonchev–Trinajstić information content (AvgIpc) is 3.10. The Balaban J connectivity index is 1.90. The highest BCUT2D eigenvalue weighted by atomic mass is 16.5. The summed E-state index contributed by atoms with van der Waals surface area (Å²) in [5.74, 6) is -0.0784. The van der Waals surface area contributed by atoms with E-state index in [0.29, 0.717) is 0 Å². The van der Waals surface area contributed by atoms with E-state index in [4.69, 9.17) is 4.74 Å². The Morgan fingerprint density at radius 1 is 1.53 bits per heavy atom. The zero-order valence-corrected chi connectivity index (χ0v) is 10.3. The Bertz CT molecular complexity index is 388. The fraction of sp³-hybridized carbons (Fsp3) is 0.538. The van der Waals surface area contributed by atoms with Crippen molar-refractivity contribution in [2.75, 3.05) is 20.7 Å². The Kier molecular flexibility index (Phi) is 3.43. The zero-order valence-electron chi connectivity index (χ0n) is 10.3. The molecule has 1 aromatic heterocycles. The van der Waals surface area contributed by atoms with Crippen molar-refractivity contribution in [2.45, 2.75) is 19.4 Å². The molecule has 1 aliphatic carbocycles. The second-order valence-corrected chi connectivity index (χ2v) is 4.77. The number of hydrogen-bond donors (Lipinski definition) is 0. The van der Waals surface area contributed by atoms with Gasteiger partial charge in [0.1, 0.15) is 0 Å². The minimum Gasteiger partial charge on any atom is -0.469 e. The van der Waals surface area contributed by atoms with E-state index in [1.807, 2.05) is 25.2 Å². The van der Waals surface area contributed by atoms with Crippen molar-refractivity contribution in [1.82, 2.24) is 9.88 Å². The molecule has 1 aromatic rings. The molecule has 1 aliphatic rings. The van der Waals surface area contributed by atoms with Gasteiger partial charge in [-0.1, -0.05) is 6.07 Å². The molecule has 0 atom stereocenters. The van der Waals surface area contributed by atoms with Crippen LogP contribution in [0, 0.1) is 5.41 Å². The quantitative estimate of drug-likeness (QED) is 0.723. The standard InChI is InChI=1S/C13H18N2O2/c1-15(9-11-5-3-4-8-14-11)10-13(6-7-13)12(16)17-2/h3-5,8H,6-7,9-10H2,1-2H3. The highest BCUT2D eigenvalue weighted by Crippen LogP contribution is 2.47. The molecule has 0 amide bonds. The number of pyridine rings is 1. The molecular weight excluding hydrogens is 216 g/mol. The van der Waals surface area contributed by atoms with Crippen molar-refractivity contribution in [1.29, 1.82) is 0 Å². The molecule has 4 heteroatoms. The van der Waals surface area contributed by atoms with E-state index in [-0.39, 0.29) is 11.4 Å². The topological polar surface area (TPSA) is 42.4 Å². The second kappa shape index (κ2) is 4.84. The maximum atomic E-state index is 11.6. The van der Waals surface area contributed by atoms with E-state index < -0.39 is 0 Å². The van der Waals surface area contributed by atoms with Gasteiger partial charge < -0.3 is 4.74 Å². The van der Waals surface area contributed by atoms with E-state index in [1.54, 1.807) is 6.20 Å². The molecule has 0 saturated heterocycles. The molecule has 0 aromatic carbocycles. The molecule has 92 valence electrons. The van der Waals surface area contributed by atoms with Crippen molar-refractivity contribution in [3.63, 3.8) is 0 Å². The van der Waals surface area contributed by atoms with Crippen LogP contribution in [0.15, 0.2) is 24.4 Å². The maximum Gasteiger partial charge on any atom is 0.313 e. The summed E-state index contributed by atoms with van der Waals surface area (Å²) in [6.45, 7) is 1.51. The van der Waals surface area contributed by atoms with Gasteiger partial charge in [-0.2, -0.15) is 0 Å². The number of hydrogen-bond acceptors (Lipinski definition) is 4. The van der Waals surface area contributed by atoms with Gasteiger partial charge in [-0.25, -0.2) is 0 Å². The van der Waals surface area contributed by atoms with Crippen LogP contribution in [0.1, 0.15) is 18.5 Å². The summed E-state index contributed by atoms with van der Waals surface area (Å²) in [4.78, 5) is 18.0. The molecule has 1 heterocycles. The third-order valence-corrected chi connectivity index (χ3v) is 3.20. The van der Waals surface area contributed by atoms with E-state index in [0.717, 1.165) is 31.6 Å². The van der Waals surface area contributed by atoms with Crippen molar-refractivity contribution in [3.8, 4) is 0 Å². The van der Waals surface area contributed by atoms with Crippen LogP contribution in [0.2, 0.25) is 0 Å². The van der Waals surface area contributed by atoms with Gasteiger partial charge >= 0.3 is 5.97 Å². The van der Waals surface area contributed by atoms with Crippen LogP contribution in [0.3, 0.4) is 0 Å². The highest BCUT2D eigenvalue weighted by molar-refractivity contribution is 5.80. The molecule has 0 spiro atoms. The highest BCUT2D eigenvalue weighted by Gasteiger charge is 2.51. The van der Waals surface area contributed by atoms with E-state index in [1.165, 1.54) is 7.11 Å². The Labute approximate surface area is 102 Å². The molecular formula is C13H18N2O2. The third-order valence-electron chi connectivity index (χ3n) is 3.20. The number of methoxy groups -OCH3 is 1. The number of nitrogens with zero attached hydrogens (tertiary/aromatic N) is 2. The number of carbonyl (C=O) groups excluding carboxylic acids is 1. The van der Waals surface area contributed by atoms with Gasteiger partial charge in [0.15, 0.2) is 0 Å². The van der Waals surface area contributed by atoms with Gasteiger partial charge in [0, 0.05) is 19.3 Å². The van der Waals surface area contributed by atoms with Gasteiger partial charge in [-0.15, -0.1) is 0 Å². The first-order chi connectivity index (χ1) is 8.16. The van der Waals surface area contributed by atoms with Gasteiger partial charge in [0.25, 0.3) is 0 Å². The number of rotatable bonds is 5. The van der Waals surface area contributed by atoms with Crippen LogP contribution >= 0.6 is 0 Å². The Morgan fingerprint density at radius 3 is 2.82 bits per heavy atom. The minimum absolute atomic E-state index is 0.0784. The fourth-order valence-corrected chi connectivity index (χ4v) is 2.13. The van der Waals surface area contributed by atoms with E-state index >= 15 is 0 Å². The number of esters is 1. The van der Waals surface area contributed by atoms with Crippen molar-refractivity contribution >= 4 is 5.97 Å². The van der Waals surface area contributed by atoms with Crippen LogP contribution in [0.5, 0.6) is 0 Å². The van der Waals surface area contributed by atoms with Gasteiger partial charge in [-0.3, -0.25) is 14.7 Å². The first kappa shape index (κ1) is 12.0. The predicted molar refractivity (Wildman–Crippen MR) is 64.3 cm³/mol. The first-order valence-corrected chi connectivity index (χ1v) is 5.83. The zero-order chi connectivity index (χ0) is 12.3. The summed E-state index contributed by atoms with van der Waals surface area (Å²) >= 11 is 0. The lowest BCUT2D eigenvalue weighted by Crippen LogP contribution is -2.32. The Morgan fingerprint density at radius 2 is 2.29 bits per heavy atom.